The van der Waals surface area contributed by atoms with E-state index < -0.39 is 0 Å². The number of aromatic nitrogens is 2. The third-order valence-corrected chi connectivity index (χ3v) is 6.13. The van der Waals surface area contributed by atoms with Gasteiger partial charge in [0.2, 0.25) is 5.91 Å². The molecule has 2 heterocycles. The van der Waals surface area contributed by atoms with Crippen LogP contribution in [0.15, 0.2) is 59.7 Å². The van der Waals surface area contributed by atoms with Crippen LogP contribution in [0.4, 0.5) is 0 Å². The van der Waals surface area contributed by atoms with E-state index in [1.54, 1.807) is 17.8 Å². The van der Waals surface area contributed by atoms with Gasteiger partial charge in [0.05, 0.1) is 17.2 Å². The standard InChI is InChI=1S/C21H21N3O2S/c1-15-6-8-16(9-7-15)21-24(12-13-27-21)19(25)10-11-23-14-22-18-5-3-2-4-17(18)20(23)26/h2-9,14,21H,10-13H2,1H3. The summed E-state index contributed by atoms with van der Waals surface area (Å²) < 4.78 is 1.53. The van der Waals surface area contributed by atoms with E-state index in [2.05, 4.69) is 36.2 Å². The molecule has 27 heavy (non-hydrogen) atoms. The van der Waals surface area contributed by atoms with Gasteiger partial charge in [0.1, 0.15) is 5.37 Å². The molecule has 6 heteroatoms. The largest absolute Gasteiger partial charge is 0.326 e. The van der Waals surface area contributed by atoms with Crippen LogP contribution in [0.2, 0.25) is 0 Å². The Bertz CT molecular complexity index is 1030. The fourth-order valence-corrected chi connectivity index (χ4v) is 4.64. The second kappa shape index (κ2) is 7.56. The Morgan fingerprint density at radius 3 is 2.78 bits per heavy atom. The lowest BCUT2D eigenvalue weighted by Crippen LogP contribution is -2.32. The SMILES string of the molecule is Cc1ccc(C2SCCN2C(=O)CCn2cnc3ccccc3c2=O)cc1. The number of carbonyl (C=O) groups is 1. The number of fused-ring (bicyclic) bond motifs is 1. The van der Waals surface area contributed by atoms with Crippen LogP contribution >= 0.6 is 11.8 Å². The number of hydrogen-bond donors (Lipinski definition) is 0. The number of amides is 1. The molecule has 1 amide bonds. The fraction of sp³-hybridized carbons (Fsp3) is 0.286. The van der Waals surface area contributed by atoms with Crippen molar-refractivity contribution in [2.75, 3.05) is 12.3 Å². The maximum absolute atomic E-state index is 12.8. The molecule has 1 unspecified atom stereocenters. The summed E-state index contributed by atoms with van der Waals surface area (Å²) in [6.07, 6.45) is 1.83. The third kappa shape index (κ3) is 3.62. The molecule has 1 aromatic heterocycles. The number of benzene rings is 2. The van der Waals surface area contributed by atoms with Gasteiger partial charge in [-0.1, -0.05) is 42.0 Å². The van der Waals surface area contributed by atoms with Crippen LogP contribution < -0.4 is 5.56 Å². The predicted octanol–water partition coefficient (Wildman–Crippen LogP) is 3.37. The zero-order chi connectivity index (χ0) is 18.8. The van der Waals surface area contributed by atoms with Crippen molar-refractivity contribution in [3.05, 3.63) is 76.3 Å². The average molecular weight is 379 g/mol. The summed E-state index contributed by atoms with van der Waals surface area (Å²) in [6.45, 7) is 3.15. The molecule has 0 radical (unpaired) electrons. The Labute approximate surface area is 162 Å². The number of nitrogens with zero attached hydrogens (tertiary/aromatic N) is 3. The number of para-hydroxylation sites is 1. The molecule has 5 nitrogen and oxygen atoms in total. The minimum Gasteiger partial charge on any atom is -0.326 e. The molecule has 1 aliphatic rings. The molecule has 0 N–H and O–H groups in total. The number of hydrogen-bond acceptors (Lipinski definition) is 4. The lowest BCUT2D eigenvalue weighted by atomic mass is 10.1. The van der Waals surface area contributed by atoms with Gasteiger partial charge in [0, 0.05) is 25.3 Å². The van der Waals surface area contributed by atoms with Crippen LogP contribution in [0.1, 0.15) is 22.9 Å². The summed E-state index contributed by atoms with van der Waals surface area (Å²) in [4.78, 5) is 31.6. The van der Waals surface area contributed by atoms with Gasteiger partial charge in [0.15, 0.2) is 0 Å². The van der Waals surface area contributed by atoms with Gasteiger partial charge >= 0.3 is 0 Å². The number of rotatable bonds is 4. The highest BCUT2D eigenvalue weighted by atomic mass is 32.2. The molecule has 1 aliphatic heterocycles. The minimum atomic E-state index is -0.0979. The lowest BCUT2D eigenvalue weighted by Gasteiger charge is -2.24. The van der Waals surface area contributed by atoms with Gasteiger partial charge in [-0.05, 0) is 24.6 Å². The highest BCUT2D eigenvalue weighted by molar-refractivity contribution is 7.99. The summed E-state index contributed by atoms with van der Waals surface area (Å²) in [5.41, 5.74) is 2.95. The number of carbonyl (C=O) groups excluding carboxylic acids is 1. The smallest absolute Gasteiger partial charge is 0.261 e. The Morgan fingerprint density at radius 2 is 1.96 bits per heavy atom. The van der Waals surface area contributed by atoms with Gasteiger partial charge in [-0.2, -0.15) is 0 Å². The zero-order valence-corrected chi connectivity index (χ0v) is 16.0. The van der Waals surface area contributed by atoms with Crippen LogP contribution in [-0.2, 0) is 11.3 Å². The molecule has 3 aromatic rings. The van der Waals surface area contributed by atoms with Gasteiger partial charge in [-0.25, -0.2) is 4.98 Å². The molecule has 0 saturated carbocycles. The van der Waals surface area contributed by atoms with E-state index in [1.807, 2.05) is 23.1 Å². The van der Waals surface area contributed by atoms with Crippen LogP contribution in [0.25, 0.3) is 10.9 Å². The Morgan fingerprint density at radius 1 is 1.19 bits per heavy atom. The Hall–Kier alpha value is -2.60. The van der Waals surface area contributed by atoms with Crippen LogP contribution in [0.5, 0.6) is 0 Å². The molecule has 1 saturated heterocycles. The summed E-state index contributed by atoms with van der Waals surface area (Å²) in [6, 6.07) is 15.6. The summed E-state index contributed by atoms with van der Waals surface area (Å²) in [7, 11) is 0. The second-order valence-corrected chi connectivity index (χ2v) is 7.92. The van der Waals surface area contributed by atoms with Crippen molar-refractivity contribution >= 4 is 28.6 Å². The maximum atomic E-state index is 12.8. The average Bonchev–Trinajstić information content (AvgIpc) is 3.18. The van der Waals surface area contributed by atoms with Crippen molar-refractivity contribution in [3.63, 3.8) is 0 Å². The zero-order valence-electron chi connectivity index (χ0n) is 15.2. The van der Waals surface area contributed by atoms with E-state index in [1.165, 1.54) is 16.5 Å². The highest BCUT2D eigenvalue weighted by Crippen LogP contribution is 2.38. The lowest BCUT2D eigenvalue weighted by molar-refractivity contribution is -0.131. The number of aryl methyl sites for hydroxylation is 2. The van der Waals surface area contributed by atoms with Gasteiger partial charge in [-0.15, -0.1) is 11.8 Å². The molecule has 0 spiro atoms. The fourth-order valence-electron chi connectivity index (χ4n) is 3.36. The normalized spacial score (nSPS) is 16.8. The summed E-state index contributed by atoms with van der Waals surface area (Å²) in [5, 5.41) is 0.645. The molecule has 0 aliphatic carbocycles. The first-order valence-electron chi connectivity index (χ1n) is 9.05. The maximum Gasteiger partial charge on any atom is 0.261 e. The molecule has 1 atom stereocenters. The second-order valence-electron chi connectivity index (χ2n) is 6.73. The molecule has 138 valence electrons. The Kier molecular flexibility index (Phi) is 4.99. The van der Waals surface area contributed by atoms with E-state index in [9.17, 15) is 9.59 Å². The van der Waals surface area contributed by atoms with Crippen molar-refractivity contribution in [1.29, 1.82) is 0 Å². The molecule has 4 rings (SSSR count). The van der Waals surface area contributed by atoms with Crippen molar-refractivity contribution in [3.8, 4) is 0 Å². The molecular formula is C21H21N3O2S. The van der Waals surface area contributed by atoms with Crippen molar-refractivity contribution in [2.45, 2.75) is 25.3 Å². The first-order chi connectivity index (χ1) is 13.1. The van der Waals surface area contributed by atoms with Gasteiger partial charge in [-0.3, -0.25) is 14.2 Å². The van der Waals surface area contributed by atoms with Crippen molar-refractivity contribution in [2.24, 2.45) is 0 Å². The molecular weight excluding hydrogens is 358 g/mol. The predicted molar refractivity (Wildman–Crippen MR) is 109 cm³/mol. The van der Waals surface area contributed by atoms with Crippen molar-refractivity contribution in [1.82, 2.24) is 14.5 Å². The number of thioether (sulfide) groups is 1. The molecule has 2 aromatic carbocycles. The quantitative estimate of drug-likeness (QED) is 0.697. The first kappa shape index (κ1) is 17.8. The van der Waals surface area contributed by atoms with Crippen LogP contribution in [0.3, 0.4) is 0 Å². The third-order valence-electron chi connectivity index (χ3n) is 4.87. The molecule has 1 fully saturated rings. The van der Waals surface area contributed by atoms with E-state index in [0.29, 0.717) is 23.9 Å². The van der Waals surface area contributed by atoms with E-state index in [0.717, 1.165) is 17.9 Å². The first-order valence-corrected chi connectivity index (χ1v) is 10.1. The van der Waals surface area contributed by atoms with Crippen molar-refractivity contribution < 1.29 is 4.79 Å². The molecule has 0 bridgehead atoms. The monoisotopic (exact) mass is 379 g/mol. The summed E-state index contributed by atoms with van der Waals surface area (Å²) >= 11 is 1.79. The van der Waals surface area contributed by atoms with Crippen LogP contribution in [-0.4, -0.2) is 32.7 Å². The van der Waals surface area contributed by atoms with Gasteiger partial charge < -0.3 is 4.90 Å². The highest BCUT2D eigenvalue weighted by Gasteiger charge is 2.30. The van der Waals surface area contributed by atoms with Gasteiger partial charge in [0.25, 0.3) is 5.56 Å². The minimum absolute atomic E-state index is 0.0598. The van der Waals surface area contributed by atoms with Crippen LogP contribution in [0, 0.1) is 6.92 Å². The van der Waals surface area contributed by atoms with E-state index >= 15 is 0 Å². The summed E-state index contributed by atoms with van der Waals surface area (Å²) in [5.74, 6) is 1.01. The Balaban J connectivity index is 1.48. The van der Waals surface area contributed by atoms with E-state index in [4.69, 9.17) is 0 Å². The topological polar surface area (TPSA) is 55.2 Å². The van der Waals surface area contributed by atoms with E-state index in [-0.39, 0.29) is 16.8 Å².